The van der Waals surface area contributed by atoms with Gasteiger partial charge in [-0.2, -0.15) is 0 Å². The van der Waals surface area contributed by atoms with Crippen molar-refractivity contribution in [2.75, 3.05) is 26.7 Å². The van der Waals surface area contributed by atoms with Crippen LogP contribution in [0, 0.1) is 0 Å². The highest BCUT2D eigenvalue weighted by Crippen LogP contribution is 2.12. The fraction of sp³-hybridized carbons (Fsp3) is 1.00. The SMILES string of the molecule is CCCCC(CN(CC)CC)N(C)I. The minimum absolute atomic E-state index is 0.718. The number of unbranched alkanes of at least 4 members (excludes halogenated alkanes) is 1. The first-order valence-electron chi connectivity index (χ1n) is 5.76. The van der Waals surface area contributed by atoms with Gasteiger partial charge in [0, 0.05) is 35.5 Å². The molecule has 0 aliphatic rings. The van der Waals surface area contributed by atoms with Crippen molar-refractivity contribution >= 4 is 22.9 Å². The van der Waals surface area contributed by atoms with Gasteiger partial charge in [0.05, 0.1) is 0 Å². The Morgan fingerprint density at radius 1 is 1.14 bits per heavy atom. The van der Waals surface area contributed by atoms with Gasteiger partial charge in [0.25, 0.3) is 0 Å². The van der Waals surface area contributed by atoms with Gasteiger partial charge in [0.2, 0.25) is 0 Å². The van der Waals surface area contributed by atoms with Gasteiger partial charge in [0.15, 0.2) is 0 Å². The van der Waals surface area contributed by atoms with Crippen LogP contribution in [0.3, 0.4) is 0 Å². The first kappa shape index (κ1) is 14.6. The number of hydrogen-bond donors (Lipinski definition) is 0. The molecule has 0 aliphatic carbocycles. The normalized spacial score (nSPS) is 13.9. The van der Waals surface area contributed by atoms with Crippen LogP contribution >= 0.6 is 22.9 Å². The van der Waals surface area contributed by atoms with Gasteiger partial charge < -0.3 is 4.90 Å². The lowest BCUT2D eigenvalue weighted by Crippen LogP contribution is -2.38. The molecule has 0 saturated carbocycles. The third-order valence-electron chi connectivity index (χ3n) is 2.76. The molecule has 3 heteroatoms. The van der Waals surface area contributed by atoms with Gasteiger partial charge in [0.1, 0.15) is 0 Å². The summed E-state index contributed by atoms with van der Waals surface area (Å²) in [6.45, 7) is 10.3. The van der Waals surface area contributed by atoms with Crippen molar-refractivity contribution in [3.63, 3.8) is 0 Å². The summed E-state index contributed by atoms with van der Waals surface area (Å²) in [5.41, 5.74) is 0. The molecule has 0 aromatic heterocycles. The smallest absolute Gasteiger partial charge is 0.0318 e. The maximum Gasteiger partial charge on any atom is 0.0318 e. The predicted octanol–water partition coefficient (Wildman–Crippen LogP) is 3.17. The number of halogens is 1. The van der Waals surface area contributed by atoms with Gasteiger partial charge in [-0.05, 0) is 26.6 Å². The molecule has 0 heterocycles. The van der Waals surface area contributed by atoms with E-state index in [0.717, 1.165) is 6.04 Å². The van der Waals surface area contributed by atoms with Crippen LogP contribution in [0.25, 0.3) is 0 Å². The highest BCUT2D eigenvalue weighted by Gasteiger charge is 2.14. The minimum atomic E-state index is 0.718. The molecule has 0 bridgehead atoms. The maximum absolute atomic E-state index is 2.51. The first-order chi connectivity index (χ1) is 6.65. The fourth-order valence-electron chi connectivity index (χ4n) is 1.60. The van der Waals surface area contributed by atoms with E-state index >= 15 is 0 Å². The molecule has 0 aromatic carbocycles. The van der Waals surface area contributed by atoms with Crippen molar-refractivity contribution in [3.05, 3.63) is 0 Å². The molecule has 1 unspecified atom stereocenters. The van der Waals surface area contributed by atoms with Crippen LogP contribution in [0.4, 0.5) is 0 Å². The van der Waals surface area contributed by atoms with Gasteiger partial charge in [-0.25, -0.2) is 3.11 Å². The standard InChI is InChI=1S/C11H25IN2/c1-5-8-9-11(13(4)12)10-14(6-2)7-3/h11H,5-10H2,1-4H3. The van der Waals surface area contributed by atoms with Crippen molar-refractivity contribution in [2.24, 2.45) is 0 Å². The Labute approximate surface area is 104 Å². The molecule has 0 fully saturated rings. The zero-order chi connectivity index (χ0) is 11.0. The van der Waals surface area contributed by atoms with Crippen LogP contribution in [-0.2, 0) is 0 Å². The molecule has 0 spiro atoms. The molecular weight excluding hydrogens is 287 g/mol. The fourth-order valence-corrected chi connectivity index (χ4v) is 2.06. The molecular formula is C11H25IN2. The Morgan fingerprint density at radius 3 is 2.07 bits per heavy atom. The van der Waals surface area contributed by atoms with Gasteiger partial charge in [-0.15, -0.1) is 0 Å². The van der Waals surface area contributed by atoms with Crippen LogP contribution < -0.4 is 0 Å². The molecule has 0 aliphatic heterocycles. The third kappa shape index (κ3) is 6.19. The Morgan fingerprint density at radius 2 is 1.71 bits per heavy atom. The predicted molar refractivity (Wildman–Crippen MR) is 72.9 cm³/mol. The van der Waals surface area contributed by atoms with Crippen molar-refractivity contribution in [1.82, 2.24) is 8.01 Å². The summed E-state index contributed by atoms with van der Waals surface area (Å²) >= 11 is 2.42. The number of nitrogens with zero attached hydrogens (tertiary/aromatic N) is 2. The van der Waals surface area contributed by atoms with Gasteiger partial charge in [-0.3, -0.25) is 0 Å². The number of hydrogen-bond acceptors (Lipinski definition) is 2. The van der Waals surface area contributed by atoms with E-state index in [0.29, 0.717) is 0 Å². The quantitative estimate of drug-likeness (QED) is 0.502. The molecule has 86 valence electrons. The van der Waals surface area contributed by atoms with Crippen molar-refractivity contribution in [3.8, 4) is 0 Å². The van der Waals surface area contributed by atoms with E-state index in [1.807, 2.05) is 0 Å². The summed E-state index contributed by atoms with van der Waals surface area (Å²) in [4.78, 5) is 2.51. The van der Waals surface area contributed by atoms with E-state index in [4.69, 9.17) is 0 Å². The monoisotopic (exact) mass is 312 g/mol. The molecule has 2 nitrogen and oxygen atoms in total. The summed E-state index contributed by atoms with van der Waals surface area (Å²) in [5, 5.41) is 0. The van der Waals surface area contributed by atoms with E-state index in [1.165, 1.54) is 38.9 Å². The van der Waals surface area contributed by atoms with E-state index in [9.17, 15) is 0 Å². The van der Waals surface area contributed by atoms with Crippen LogP contribution in [0.1, 0.15) is 40.0 Å². The van der Waals surface area contributed by atoms with E-state index in [2.05, 4.69) is 58.7 Å². The molecule has 1 atom stereocenters. The second-order valence-corrected chi connectivity index (χ2v) is 5.33. The van der Waals surface area contributed by atoms with Gasteiger partial charge >= 0.3 is 0 Å². The average Bonchev–Trinajstić information content (AvgIpc) is 2.18. The molecule has 0 radical (unpaired) electrons. The van der Waals surface area contributed by atoms with Gasteiger partial charge in [-0.1, -0.05) is 33.6 Å². The summed E-state index contributed by atoms with van der Waals surface area (Å²) in [7, 11) is 2.18. The molecule has 0 saturated heterocycles. The summed E-state index contributed by atoms with van der Waals surface area (Å²) in [6, 6.07) is 0.718. The Hall–Kier alpha value is 0.650. The average molecular weight is 312 g/mol. The van der Waals surface area contributed by atoms with Crippen molar-refractivity contribution < 1.29 is 0 Å². The van der Waals surface area contributed by atoms with E-state index in [1.54, 1.807) is 0 Å². The van der Waals surface area contributed by atoms with Crippen LogP contribution in [0.15, 0.2) is 0 Å². The van der Waals surface area contributed by atoms with Crippen LogP contribution in [-0.4, -0.2) is 40.7 Å². The molecule has 14 heavy (non-hydrogen) atoms. The van der Waals surface area contributed by atoms with E-state index in [-0.39, 0.29) is 0 Å². The number of rotatable bonds is 8. The Bertz CT molecular complexity index is 124. The van der Waals surface area contributed by atoms with Crippen molar-refractivity contribution in [2.45, 2.75) is 46.1 Å². The topological polar surface area (TPSA) is 6.48 Å². The highest BCUT2D eigenvalue weighted by atomic mass is 127. The molecule has 0 amide bonds. The molecule has 0 N–H and O–H groups in total. The second-order valence-electron chi connectivity index (χ2n) is 3.81. The third-order valence-corrected chi connectivity index (χ3v) is 3.55. The van der Waals surface area contributed by atoms with E-state index < -0.39 is 0 Å². The Balaban J connectivity index is 3.93. The van der Waals surface area contributed by atoms with Crippen LogP contribution in [0.5, 0.6) is 0 Å². The zero-order valence-electron chi connectivity index (χ0n) is 10.1. The second kappa shape index (κ2) is 8.92. The summed E-state index contributed by atoms with van der Waals surface area (Å²) in [5.74, 6) is 0. The lowest BCUT2D eigenvalue weighted by Gasteiger charge is -2.28. The highest BCUT2D eigenvalue weighted by molar-refractivity contribution is 14.1. The largest absolute Gasteiger partial charge is 0.302 e. The lowest BCUT2D eigenvalue weighted by atomic mass is 10.1. The molecule has 0 rings (SSSR count). The summed E-state index contributed by atoms with van der Waals surface area (Å²) in [6.07, 6.45) is 3.98. The lowest BCUT2D eigenvalue weighted by molar-refractivity contribution is 0.233. The molecule has 0 aromatic rings. The van der Waals surface area contributed by atoms with Crippen molar-refractivity contribution in [1.29, 1.82) is 0 Å². The Kier molecular flexibility index (Phi) is 9.33. The zero-order valence-corrected chi connectivity index (χ0v) is 12.2. The minimum Gasteiger partial charge on any atom is -0.302 e. The van der Waals surface area contributed by atoms with Crippen LogP contribution in [0.2, 0.25) is 0 Å². The first-order valence-corrected chi connectivity index (χ1v) is 6.73. The number of likely N-dealkylation sites (N-methyl/N-ethyl adjacent to an activating group) is 2. The maximum atomic E-state index is 2.51. The summed E-state index contributed by atoms with van der Waals surface area (Å²) < 4.78 is 2.34.